The second-order valence-electron chi connectivity index (χ2n) is 4.72. The van der Waals surface area contributed by atoms with E-state index in [1.54, 1.807) is 0 Å². The maximum Gasteiger partial charge on any atom is 0.257 e. The number of rotatable bonds is 4. The summed E-state index contributed by atoms with van der Waals surface area (Å²) in [5.74, 6) is -3.28. The van der Waals surface area contributed by atoms with E-state index >= 15 is 0 Å². The Morgan fingerprint density at radius 2 is 1.85 bits per heavy atom. The highest BCUT2D eigenvalue weighted by Gasteiger charge is 2.27. The van der Waals surface area contributed by atoms with E-state index in [4.69, 9.17) is 0 Å². The lowest BCUT2D eigenvalue weighted by molar-refractivity contribution is -0.122. The second-order valence-corrected chi connectivity index (χ2v) is 5.64. The van der Waals surface area contributed by atoms with Crippen LogP contribution in [0.4, 0.5) is 8.78 Å². The highest BCUT2D eigenvalue weighted by atomic mass is 79.9. The Balaban J connectivity index is 2.05. The van der Waals surface area contributed by atoms with Crippen LogP contribution in [0.3, 0.4) is 0 Å². The molecule has 0 spiro atoms. The van der Waals surface area contributed by atoms with Crippen molar-refractivity contribution in [3.05, 3.63) is 33.8 Å². The number of hydrogen-bond acceptors (Lipinski definition) is 2. The minimum atomic E-state index is -0.982. The minimum absolute atomic E-state index is 0.156. The molecule has 2 N–H and O–H groups in total. The van der Waals surface area contributed by atoms with E-state index in [1.165, 1.54) is 6.92 Å². The van der Waals surface area contributed by atoms with Gasteiger partial charge in [0.05, 0.1) is 0 Å². The van der Waals surface area contributed by atoms with Gasteiger partial charge in [-0.15, -0.1) is 0 Å². The third kappa shape index (κ3) is 3.53. The molecule has 7 heteroatoms. The molecule has 4 nitrogen and oxygen atoms in total. The number of nitrogens with one attached hydrogen (secondary N) is 2. The van der Waals surface area contributed by atoms with Crippen molar-refractivity contribution in [3.8, 4) is 0 Å². The topological polar surface area (TPSA) is 58.2 Å². The van der Waals surface area contributed by atoms with Gasteiger partial charge in [-0.25, -0.2) is 8.78 Å². The number of benzene rings is 1. The maximum atomic E-state index is 13.6. The van der Waals surface area contributed by atoms with Crippen molar-refractivity contribution in [2.75, 3.05) is 0 Å². The van der Waals surface area contributed by atoms with E-state index in [9.17, 15) is 18.4 Å². The summed E-state index contributed by atoms with van der Waals surface area (Å²) in [5, 5.41) is 4.98. The fourth-order valence-corrected chi connectivity index (χ4v) is 2.05. The smallest absolute Gasteiger partial charge is 0.257 e. The van der Waals surface area contributed by atoms with Gasteiger partial charge >= 0.3 is 0 Å². The van der Waals surface area contributed by atoms with Crippen molar-refractivity contribution < 1.29 is 18.4 Å². The summed E-state index contributed by atoms with van der Waals surface area (Å²) >= 11 is 2.93. The van der Waals surface area contributed by atoms with Crippen molar-refractivity contribution >= 4 is 27.7 Å². The highest BCUT2D eigenvalue weighted by molar-refractivity contribution is 9.10. The number of carbonyl (C=O) groups is 2. The summed E-state index contributed by atoms with van der Waals surface area (Å²) in [7, 11) is 0. The van der Waals surface area contributed by atoms with Gasteiger partial charge in [0.1, 0.15) is 23.2 Å². The number of amides is 2. The zero-order chi connectivity index (χ0) is 14.9. The molecule has 0 bridgehead atoms. The largest absolute Gasteiger partial charge is 0.352 e. The molecule has 1 saturated carbocycles. The molecule has 0 aromatic heterocycles. The second kappa shape index (κ2) is 5.87. The summed E-state index contributed by atoms with van der Waals surface area (Å²) in [6, 6.07) is 1.29. The summed E-state index contributed by atoms with van der Waals surface area (Å²) in [6.07, 6.45) is 1.84. The average Bonchev–Trinajstić information content (AvgIpc) is 3.11. The van der Waals surface area contributed by atoms with Crippen LogP contribution in [0.5, 0.6) is 0 Å². The molecule has 1 fully saturated rings. The quantitative estimate of drug-likeness (QED) is 0.877. The Labute approximate surface area is 123 Å². The normalized spacial score (nSPS) is 15.6. The van der Waals surface area contributed by atoms with Crippen molar-refractivity contribution in [3.63, 3.8) is 0 Å². The Hall–Kier alpha value is -1.50. The summed E-state index contributed by atoms with van der Waals surface area (Å²) < 4.78 is 27.4. The standard InChI is InChI=1S/C13H13BrF2N2O2/c1-6(12(19)18-8-2-3-8)17-13(20)11-9(15)4-7(14)5-10(11)16/h4-6,8H,2-3H2,1H3,(H,17,20)(H,18,19). The van der Waals surface area contributed by atoms with Crippen LogP contribution in [-0.2, 0) is 4.79 Å². The van der Waals surface area contributed by atoms with E-state index in [2.05, 4.69) is 26.6 Å². The molecule has 108 valence electrons. The van der Waals surface area contributed by atoms with E-state index in [0.717, 1.165) is 25.0 Å². The van der Waals surface area contributed by atoms with E-state index < -0.39 is 29.1 Å². The molecular formula is C13H13BrF2N2O2. The molecule has 1 aliphatic carbocycles. The lowest BCUT2D eigenvalue weighted by atomic mass is 10.1. The van der Waals surface area contributed by atoms with Gasteiger partial charge in [0.15, 0.2) is 0 Å². The van der Waals surface area contributed by atoms with Gasteiger partial charge in [-0.1, -0.05) is 15.9 Å². The molecule has 1 aliphatic rings. The van der Waals surface area contributed by atoms with Gasteiger partial charge < -0.3 is 10.6 Å². The molecule has 1 aromatic rings. The first-order valence-corrected chi connectivity index (χ1v) is 6.93. The molecule has 1 atom stereocenters. The Bertz CT molecular complexity index is 538. The summed E-state index contributed by atoms with van der Waals surface area (Å²) in [6.45, 7) is 1.46. The van der Waals surface area contributed by atoms with Gasteiger partial charge in [0.25, 0.3) is 5.91 Å². The average molecular weight is 347 g/mol. The van der Waals surface area contributed by atoms with Gasteiger partial charge in [0.2, 0.25) is 5.91 Å². The van der Waals surface area contributed by atoms with Crippen LogP contribution in [0.1, 0.15) is 30.1 Å². The fraction of sp³-hybridized carbons (Fsp3) is 0.385. The van der Waals surface area contributed by atoms with Gasteiger partial charge in [-0.2, -0.15) is 0 Å². The molecule has 2 amide bonds. The molecular weight excluding hydrogens is 334 g/mol. The molecule has 20 heavy (non-hydrogen) atoms. The summed E-state index contributed by atoms with van der Waals surface area (Å²) in [5.41, 5.74) is -0.695. The minimum Gasteiger partial charge on any atom is -0.352 e. The van der Waals surface area contributed by atoms with Gasteiger partial charge in [-0.3, -0.25) is 9.59 Å². The van der Waals surface area contributed by atoms with E-state index in [0.29, 0.717) is 0 Å². The monoisotopic (exact) mass is 346 g/mol. The predicted molar refractivity (Wildman–Crippen MR) is 72.2 cm³/mol. The van der Waals surface area contributed by atoms with Crippen LogP contribution in [0.15, 0.2) is 16.6 Å². The van der Waals surface area contributed by atoms with Crippen LogP contribution in [0.25, 0.3) is 0 Å². The molecule has 0 aliphatic heterocycles. The number of carbonyl (C=O) groups excluding carboxylic acids is 2. The first kappa shape index (κ1) is 14.9. The first-order valence-electron chi connectivity index (χ1n) is 6.14. The molecule has 1 aromatic carbocycles. The Morgan fingerprint density at radius 3 is 2.35 bits per heavy atom. The molecule has 1 unspecified atom stereocenters. The van der Waals surface area contributed by atoms with Crippen molar-refractivity contribution in [1.29, 1.82) is 0 Å². The Kier molecular flexibility index (Phi) is 4.37. The zero-order valence-electron chi connectivity index (χ0n) is 10.7. The predicted octanol–water partition coefficient (Wildman–Crippen LogP) is 2.12. The lowest BCUT2D eigenvalue weighted by Crippen LogP contribution is -2.45. The first-order chi connectivity index (χ1) is 9.38. The van der Waals surface area contributed by atoms with Crippen LogP contribution < -0.4 is 10.6 Å². The fourth-order valence-electron chi connectivity index (χ4n) is 1.65. The third-order valence-electron chi connectivity index (χ3n) is 2.90. The number of halogens is 3. The number of hydrogen-bond donors (Lipinski definition) is 2. The lowest BCUT2D eigenvalue weighted by Gasteiger charge is -2.14. The van der Waals surface area contributed by atoms with Gasteiger partial charge in [0, 0.05) is 10.5 Å². The van der Waals surface area contributed by atoms with Crippen molar-refractivity contribution in [2.24, 2.45) is 0 Å². The zero-order valence-corrected chi connectivity index (χ0v) is 12.3. The third-order valence-corrected chi connectivity index (χ3v) is 3.36. The maximum absolute atomic E-state index is 13.6. The van der Waals surface area contributed by atoms with Crippen molar-refractivity contribution in [1.82, 2.24) is 10.6 Å². The SMILES string of the molecule is CC(NC(=O)c1c(F)cc(Br)cc1F)C(=O)NC1CC1. The van der Waals surface area contributed by atoms with Crippen LogP contribution in [0.2, 0.25) is 0 Å². The summed E-state index contributed by atoms with van der Waals surface area (Å²) in [4.78, 5) is 23.5. The molecule has 0 saturated heterocycles. The Morgan fingerprint density at radius 1 is 1.30 bits per heavy atom. The highest BCUT2D eigenvalue weighted by Crippen LogP contribution is 2.20. The molecule has 0 radical (unpaired) electrons. The van der Waals surface area contributed by atoms with E-state index in [1.807, 2.05) is 0 Å². The van der Waals surface area contributed by atoms with Crippen LogP contribution >= 0.6 is 15.9 Å². The van der Waals surface area contributed by atoms with Gasteiger partial charge in [-0.05, 0) is 31.9 Å². The molecule has 2 rings (SSSR count). The van der Waals surface area contributed by atoms with E-state index in [-0.39, 0.29) is 16.4 Å². The van der Waals surface area contributed by atoms with Crippen LogP contribution in [0, 0.1) is 11.6 Å². The molecule has 0 heterocycles. The van der Waals surface area contributed by atoms with Crippen LogP contribution in [-0.4, -0.2) is 23.9 Å². The van der Waals surface area contributed by atoms with Crippen molar-refractivity contribution in [2.45, 2.75) is 31.8 Å².